The van der Waals surface area contributed by atoms with E-state index in [0.29, 0.717) is 31.6 Å². The molecule has 0 radical (unpaired) electrons. The third-order valence-corrected chi connectivity index (χ3v) is 6.85. The van der Waals surface area contributed by atoms with Crippen LogP contribution in [0.1, 0.15) is 60.9 Å². The summed E-state index contributed by atoms with van der Waals surface area (Å²) in [6, 6.07) is 13.3. The number of unbranched alkanes of at least 4 members (excludes halogenated alkanes) is 2. The molecule has 7 heteroatoms. The molecule has 2 heterocycles. The van der Waals surface area contributed by atoms with E-state index in [1.165, 1.54) is 12.8 Å². The van der Waals surface area contributed by atoms with Gasteiger partial charge in [-0.05, 0) is 87.2 Å². The highest BCUT2D eigenvalue weighted by Gasteiger charge is 2.21. The molecule has 0 aliphatic carbocycles. The fourth-order valence-corrected chi connectivity index (χ4v) is 4.91. The summed E-state index contributed by atoms with van der Waals surface area (Å²) in [6.07, 6.45) is 6.60. The van der Waals surface area contributed by atoms with Gasteiger partial charge < -0.3 is 24.4 Å². The molecule has 2 aromatic rings. The number of methoxy groups -OCH3 is 1. The summed E-state index contributed by atoms with van der Waals surface area (Å²) in [5, 5.41) is 3.28. The number of nitrogens with zero attached hydrogens (tertiary/aromatic N) is 1. The fourth-order valence-electron chi connectivity index (χ4n) is 4.91. The van der Waals surface area contributed by atoms with Crippen LogP contribution < -0.4 is 19.5 Å². The maximum atomic E-state index is 12.8. The van der Waals surface area contributed by atoms with Crippen LogP contribution in [0, 0.1) is 0 Å². The highest BCUT2D eigenvalue weighted by molar-refractivity contribution is 5.96. The van der Waals surface area contributed by atoms with Crippen LogP contribution in [-0.2, 0) is 11.2 Å². The summed E-state index contributed by atoms with van der Waals surface area (Å²) in [5.74, 6) is 2.53. The van der Waals surface area contributed by atoms with E-state index < -0.39 is 0 Å². The van der Waals surface area contributed by atoms with Crippen molar-refractivity contribution >= 4 is 11.7 Å². The monoisotopic (exact) mass is 494 g/mol. The Hall–Kier alpha value is -3.06. The van der Waals surface area contributed by atoms with Crippen molar-refractivity contribution < 1.29 is 23.8 Å². The van der Waals surface area contributed by atoms with Crippen molar-refractivity contribution in [1.29, 1.82) is 0 Å². The van der Waals surface area contributed by atoms with Gasteiger partial charge in [-0.2, -0.15) is 0 Å². The van der Waals surface area contributed by atoms with Gasteiger partial charge in [0.1, 0.15) is 19.0 Å². The molecule has 1 fully saturated rings. The highest BCUT2D eigenvalue weighted by atomic mass is 16.6. The number of ketones is 1. The Bertz CT molecular complexity index is 1000. The molecule has 36 heavy (non-hydrogen) atoms. The van der Waals surface area contributed by atoms with E-state index >= 15 is 0 Å². The number of carbonyl (C=O) groups excluding carboxylic acids is 2. The molecular formula is C29H38N2O5. The first-order chi connectivity index (χ1) is 17.6. The molecule has 1 saturated heterocycles. The van der Waals surface area contributed by atoms with Crippen molar-refractivity contribution in [3.63, 3.8) is 0 Å². The zero-order valence-electron chi connectivity index (χ0n) is 21.3. The number of rotatable bonds is 13. The van der Waals surface area contributed by atoms with E-state index in [1.807, 2.05) is 12.1 Å². The minimum Gasteiger partial charge on any atom is -0.497 e. The van der Waals surface area contributed by atoms with Crippen LogP contribution in [0.25, 0.3) is 0 Å². The lowest BCUT2D eigenvalue weighted by molar-refractivity contribution is -0.122. The second-order valence-corrected chi connectivity index (χ2v) is 9.67. The Labute approximate surface area is 214 Å². The molecule has 7 nitrogen and oxygen atoms in total. The van der Waals surface area contributed by atoms with Gasteiger partial charge in [0, 0.05) is 31.0 Å². The normalized spacial score (nSPS) is 15.9. The van der Waals surface area contributed by atoms with Crippen molar-refractivity contribution in [3.8, 4) is 17.2 Å². The number of benzene rings is 2. The van der Waals surface area contributed by atoms with Crippen molar-refractivity contribution in [2.45, 2.75) is 57.4 Å². The number of Topliss-reactive ketones (excluding diaryl/α,β-unsaturated/α-hetero) is 1. The molecule has 194 valence electrons. The molecule has 0 spiro atoms. The number of fused-ring (bicyclic) bond motifs is 1. The van der Waals surface area contributed by atoms with Gasteiger partial charge in [-0.1, -0.05) is 12.5 Å². The molecule has 1 amide bonds. The van der Waals surface area contributed by atoms with E-state index in [4.69, 9.17) is 14.2 Å². The quantitative estimate of drug-likeness (QED) is 0.328. The fraction of sp³-hybridized carbons (Fsp3) is 0.517. The summed E-state index contributed by atoms with van der Waals surface area (Å²) in [4.78, 5) is 27.6. The number of hydrogen-bond donors (Lipinski definition) is 1. The van der Waals surface area contributed by atoms with Gasteiger partial charge in [-0.25, -0.2) is 0 Å². The molecule has 0 aromatic heterocycles. The molecule has 0 bridgehead atoms. The standard InChI is InChI=1S/C29H38N2O5/c1-34-25-12-10-23(11-13-25)26(32)7-3-2-4-8-29(33)30-24(21-31-15-5-6-16-31)19-22-9-14-27-28(20-22)36-18-17-35-27/h9-14,20,24H,2-8,15-19,21H2,1H3,(H,30,33). The number of ether oxygens (including phenoxy) is 3. The topological polar surface area (TPSA) is 77.1 Å². The third-order valence-electron chi connectivity index (χ3n) is 6.85. The summed E-state index contributed by atoms with van der Waals surface area (Å²) in [5.41, 5.74) is 1.85. The van der Waals surface area contributed by atoms with Crippen LogP contribution in [0.2, 0.25) is 0 Å². The third kappa shape index (κ3) is 7.72. The Morgan fingerprint density at radius 1 is 0.944 bits per heavy atom. The summed E-state index contributed by atoms with van der Waals surface area (Å²) >= 11 is 0. The van der Waals surface area contributed by atoms with Crippen LogP contribution in [0.5, 0.6) is 17.2 Å². The number of amides is 1. The van der Waals surface area contributed by atoms with E-state index in [-0.39, 0.29) is 17.7 Å². The minimum absolute atomic E-state index is 0.0507. The maximum Gasteiger partial charge on any atom is 0.220 e. The zero-order valence-corrected chi connectivity index (χ0v) is 21.3. The predicted molar refractivity (Wildman–Crippen MR) is 139 cm³/mol. The second-order valence-electron chi connectivity index (χ2n) is 9.67. The molecule has 2 aliphatic heterocycles. The molecule has 4 rings (SSSR count). The molecule has 1 atom stereocenters. The molecule has 2 aliphatic rings. The smallest absolute Gasteiger partial charge is 0.220 e. The number of carbonyl (C=O) groups is 2. The van der Waals surface area contributed by atoms with Crippen LogP contribution in [0.3, 0.4) is 0 Å². The van der Waals surface area contributed by atoms with E-state index in [9.17, 15) is 9.59 Å². The van der Waals surface area contributed by atoms with Crippen LogP contribution >= 0.6 is 0 Å². The summed E-state index contributed by atoms with van der Waals surface area (Å²) in [6.45, 7) is 4.19. The maximum absolute atomic E-state index is 12.8. The lowest BCUT2D eigenvalue weighted by atomic mass is 10.0. The highest BCUT2D eigenvalue weighted by Crippen LogP contribution is 2.31. The van der Waals surface area contributed by atoms with E-state index in [1.54, 1.807) is 31.4 Å². The van der Waals surface area contributed by atoms with Gasteiger partial charge in [0.15, 0.2) is 17.3 Å². The van der Waals surface area contributed by atoms with Gasteiger partial charge in [-0.3, -0.25) is 9.59 Å². The number of nitrogens with one attached hydrogen (secondary N) is 1. The molecule has 1 unspecified atom stereocenters. The first kappa shape index (κ1) is 26.0. The first-order valence-electron chi connectivity index (χ1n) is 13.2. The van der Waals surface area contributed by atoms with Gasteiger partial charge in [0.2, 0.25) is 5.91 Å². The second kappa shape index (κ2) is 13.3. The average molecular weight is 495 g/mol. The minimum atomic E-state index is 0.0507. The van der Waals surface area contributed by atoms with Gasteiger partial charge in [-0.15, -0.1) is 0 Å². The van der Waals surface area contributed by atoms with Crippen molar-refractivity contribution in [2.75, 3.05) is 40.0 Å². The largest absolute Gasteiger partial charge is 0.497 e. The SMILES string of the molecule is COc1ccc(C(=O)CCCCCC(=O)NC(Cc2ccc3c(c2)OCCO3)CN2CCCC2)cc1. The lowest BCUT2D eigenvalue weighted by Gasteiger charge is -2.25. The lowest BCUT2D eigenvalue weighted by Crippen LogP contribution is -2.44. The van der Waals surface area contributed by atoms with Crippen molar-refractivity contribution in [2.24, 2.45) is 0 Å². The van der Waals surface area contributed by atoms with Crippen LogP contribution in [-0.4, -0.2) is 62.6 Å². The number of likely N-dealkylation sites (tertiary alicyclic amines) is 1. The van der Waals surface area contributed by atoms with Crippen LogP contribution in [0.4, 0.5) is 0 Å². The molecular weight excluding hydrogens is 456 g/mol. The summed E-state index contributed by atoms with van der Waals surface area (Å²) in [7, 11) is 1.61. The van der Waals surface area contributed by atoms with Gasteiger partial charge >= 0.3 is 0 Å². The Morgan fingerprint density at radius 2 is 1.67 bits per heavy atom. The molecule has 0 saturated carbocycles. The van der Waals surface area contributed by atoms with Gasteiger partial charge in [0.05, 0.1) is 7.11 Å². The van der Waals surface area contributed by atoms with E-state index in [2.05, 4.69) is 16.3 Å². The molecule has 1 N–H and O–H groups in total. The Morgan fingerprint density at radius 3 is 2.42 bits per heavy atom. The first-order valence-corrected chi connectivity index (χ1v) is 13.2. The predicted octanol–water partition coefficient (Wildman–Crippen LogP) is 4.42. The average Bonchev–Trinajstić information content (AvgIpc) is 3.41. The zero-order chi connectivity index (χ0) is 25.2. The van der Waals surface area contributed by atoms with E-state index in [0.717, 1.165) is 68.1 Å². The summed E-state index contributed by atoms with van der Waals surface area (Å²) < 4.78 is 16.5. The Balaban J connectivity index is 1.22. The Kier molecular flexibility index (Phi) is 9.61. The van der Waals surface area contributed by atoms with Crippen molar-refractivity contribution in [1.82, 2.24) is 10.2 Å². The molecule has 2 aromatic carbocycles. The van der Waals surface area contributed by atoms with Gasteiger partial charge in [0.25, 0.3) is 0 Å². The number of hydrogen-bond acceptors (Lipinski definition) is 6. The van der Waals surface area contributed by atoms with Crippen LogP contribution in [0.15, 0.2) is 42.5 Å². The van der Waals surface area contributed by atoms with Crippen molar-refractivity contribution in [3.05, 3.63) is 53.6 Å².